The maximum Gasteiger partial charge on any atom is 0.231 e. The molecule has 2 aliphatic heterocycles. The molecule has 5 heteroatoms. The number of carbonyl (C=O) groups is 1. The van der Waals surface area contributed by atoms with Gasteiger partial charge in [0, 0.05) is 17.0 Å². The fourth-order valence-corrected chi connectivity index (χ4v) is 3.17. The summed E-state index contributed by atoms with van der Waals surface area (Å²) in [4.78, 5) is 11.1. The molecule has 2 aliphatic rings. The molecule has 2 heterocycles. The van der Waals surface area contributed by atoms with E-state index in [9.17, 15) is 4.79 Å². The second-order valence-corrected chi connectivity index (χ2v) is 5.70. The summed E-state index contributed by atoms with van der Waals surface area (Å²) in [5, 5.41) is 0. The second-order valence-electron chi connectivity index (χ2n) is 5.70. The number of rotatable bonds is 3. The molecule has 0 unspecified atom stereocenters. The maximum absolute atomic E-state index is 11.1. The van der Waals surface area contributed by atoms with E-state index in [0.717, 1.165) is 28.9 Å². The van der Waals surface area contributed by atoms with Crippen molar-refractivity contribution in [2.24, 2.45) is 0 Å². The number of ether oxygens (including phenoxy) is 4. The molecule has 0 saturated heterocycles. The van der Waals surface area contributed by atoms with E-state index in [2.05, 4.69) is 6.92 Å². The summed E-state index contributed by atoms with van der Waals surface area (Å²) < 4.78 is 22.3. The van der Waals surface area contributed by atoms with Crippen molar-refractivity contribution in [3.05, 3.63) is 47.0 Å². The molecule has 5 nitrogen and oxygen atoms in total. The van der Waals surface area contributed by atoms with E-state index >= 15 is 0 Å². The van der Waals surface area contributed by atoms with Crippen molar-refractivity contribution in [2.75, 3.05) is 13.9 Å². The van der Waals surface area contributed by atoms with Crippen LogP contribution < -0.4 is 18.9 Å². The van der Waals surface area contributed by atoms with Crippen LogP contribution in [-0.2, 0) is 0 Å². The Morgan fingerprint density at radius 3 is 2.78 bits per heavy atom. The lowest BCUT2D eigenvalue weighted by Gasteiger charge is -2.16. The number of carbonyl (C=O) groups excluding carboxylic acids is 1. The number of hydrogen-bond donors (Lipinski definition) is 0. The summed E-state index contributed by atoms with van der Waals surface area (Å²) in [5.74, 6) is 2.86. The molecule has 23 heavy (non-hydrogen) atoms. The van der Waals surface area contributed by atoms with Crippen LogP contribution in [0.2, 0.25) is 0 Å². The van der Waals surface area contributed by atoms with Gasteiger partial charge in [-0.05, 0) is 29.8 Å². The fourth-order valence-electron chi connectivity index (χ4n) is 3.17. The first-order valence-corrected chi connectivity index (χ1v) is 7.44. The minimum Gasteiger partial charge on any atom is -0.493 e. The SMILES string of the molecule is COc1cc(C=O)cc2c1O[C@@H](c1ccc3c(c1)OCO3)[C@H]2C. The van der Waals surface area contributed by atoms with Crippen LogP contribution in [0.4, 0.5) is 0 Å². The quantitative estimate of drug-likeness (QED) is 0.812. The van der Waals surface area contributed by atoms with Crippen molar-refractivity contribution in [2.45, 2.75) is 18.9 Å². The van der Waals surface area contributed by atoms with Gasteiger partial charge in [0.15, 0.2) is 23.0 Å². The molecule has 2 aromatic rings. The number of fused-ring (bicyclic) bond motifs is 2. The molecule has 0 amide bonds. The van der Waals surface area contributed by atoms with Crippen LogP contribution in [0, 0.1) is 0 Å². The lowest BCUT2D eigenvalue weighted by Crippen LogP contribution is -2.07. The van der Waals surface area contributed by atoms with Gasteiger partial charge in [0.05, 0.1) is 7.11 Å². The molecule has 0 bridgehead atoms. The third-order valence-electron chi connectivity index (χ3n) is 4.38. The fraction of sp³-hybridized carbons (Fsp3) is 0.278. The number of hydrogen-bond acceptors (Lipinski definition) is 5. The summed E-state index contributed by atoms with van der Waals surface area (Å²) in [6, 6.07) is 9.38. The Kier molecular flexibility index (Phi) is 3.15. The van der Waals surface area contributed by atoms with Crippen molar-refractivity contribution in [3.8, 4) is 23.0 Å². The van der Waals surface area contributed by atoms with Gasteiger partial charge in [0.25, 0.3) is 0 Å². The second kappa shape index (κ2) is 5.19. The highest BCUT2D eigenvalue weighted by Crippen LogP contribution is 2.51. The summed E-state index contributed by atoms with van der Waals surface area (Å²) in [5.41, 5.74) is 2.57. The molecule has 0 spiro atoms. The highest BCUT2D eigenvalue weighted by Gasteiger charge is 2.35. The Hall–Kier alpha value is -2.69. The molecule has 2 aromatic carbocycles. The molecular formula is C18H16O5. The maximum atomic E-state index is 11.1. The average Bonchev–Trinajstić information content (AvgIpc) is 3.18. The Balaban J connectivity index is 1.74. The first kappa shape index (κ1) is 13.9. The first-order chi connectivity index (χ1) is 11.2. The van der Waals surface area contributed by atoms with Gasteiger partial charge in [-0.2, -0.15) is 0 Å². The van der Waals surface area contributed by atoms with Gasteiger partial charge in [-0.3, -0.25) is 4.79 Å². The lowest BCUT2D eigenvalue weighted by atomic mass is 9.91. The van der Waals surface area contributed by atoms with E-state index in [1.807, 2.05) is 24.3 Å². The normalized spacial score (nSPS) is 20.8. The summed E-state index contributed by atoms with van der Waals surface area (Å²) in [7, 11) is 1.58. The van der Waals surface area contributed by atoms with Gasteiger partial charge >= 0.3 is 0 Å². The van der Waals surface area contributed by atoms with Crippen molar-refractivity contribution in [1.82, 2.24) is 0 Å². The zero-order chi connectivity index (χ0) is 16.0. The zero-order valence-corrected chi connectivity index (χ0v) is 12.9. The molecule has 118 valence electrons. The molecular weight excluding hydrogens is 296 g/mol. The predicted octanol–water partition coefficient (Wildman–Crippen LogP) is 3.47. The molecule has 0 aliphatic carbocycles. The minimum atomic E-state index is -0.157. The van der Waals surface area contributed by atoms with E-state index in [1.54, 1.807) is 13.2 Å². The van der Waals surface area contributed by atoms with Gasteiger partial charge in [-0.25, -0.2) is 0 Å². The summed E-state index contributed by atoms with van der Waals surface area (Å²) in [6.07, 6.45) is 0.666. The van der Waals surface area contributed by atoms with Crippen molar-refractivity contribution in [1.29, 1.82) is 0 Å². The van der Waals surface area contributed by atoms with E-state index in [-0.39, 0.29) is 18.8 Å². The van der Waals surface area contributed by atoms with Crippen LogP contribution in [0.15, 0.2) is 30.3 Å². The van der Waals surface area contributed by atoms with E-state index in [4.69, 9.17) is 18.9 Å². The van der Waals surface area contributed by atoms with E-state index in [1.165, 1.54) is 0 Å². The number of methoxy groups -OCH3 is 1. The van der Waals surface area contributed by atoms with Gasteiger partial charge in [0.1, 0.15) is 12.4 Å². The minimum absolute atomic E-state index is 0.0965. The molecule has 0 aromatic heterocycles. The Morgan fingerprint density at radius 2 is 2.00 bits per heavy atom. The molecule has 2 atom stereocenters. The number of aldehydes is 1. The van der Waals surface area contributed by atoms with Crippen molar-refractivity contribution >= 4 is 6.29 Å². The average molecular weight is 312 g/mol. The third kappa shape index (κ3) is 2.11. The molecule has 0 radical (unpaired) electrons. The van der Waals surface area contributed by atoms with Crippen molar-refractivity contribution in [3.63, 3.8) is 0 Å². The zero-order valence-electron chi connectivity index (χ0n) is 12.9. The summed E-state index contributed by atoms with van der Waals surface area (Å²) in [6.45, 7) is 2.33. The van der Waals surface area contributed by atoms with Crippen LogP contribution in [-0.4, -0.2) is 20.2 Å². The highest BCUT2D eigenvalue weighted by molar-refractivity contribution is 5.78. The van der Waals surface area contributed by atoms with E-state index in [0.29, 0.717) is 17.1 Å². The monoisotopic (exact) mass is 312 g/mol. The first-order valence-electron chi connectivity index (χ1n) is 7.44. The van der Waals surface area contributed by atoms with Crippen LogP contribution >= 0.6 is 0 Å². The van der Waals surface area contributed by atoms with Gasteiger partial charge in [-0.1, -0.05) is 13.0 Å². The Labute approximate surface area is 133 Å². The predicted molar refractivity (Wildman–Crippen MR) is 82.7 cm³/mol. The highest BCUT2D eigenvalue weighted by atomic mass is 16.7. The smallest absolute Gasteiger partial charge is 0.231 e. The Morgan fingerprint density at radius 1 is 1.17 bits per heavy atom. The Bertz CT molecular complexity index is 783. The van der Waals surface area contributed by atoms with Gasteiger partial charge < -0.3 is 18.9 Å². The molecule has 0 saturated carbocycles. The third-order valence-corrected chi connectivity index (χ3v) is 4.38. The number of benzene rings is 2. The van der Waals surface area contributed by atoms with Crippen molar-refractivity contribution < 1.29 is 23.7 Å². The summed E-state index contributed by atoms with van der Waals surface area (Å²) >= 11 is 0. The van der Waals surface area contributed by atoms with Crippen LogP contribution in [0.5, 0.6) is 23.0 Å². The van der Waals surface area contributed by atoms with Gasteiger partial charge in [0.2, 0.25) is 6.79 Å². The lowest BCUT2D eigenvalue weighted by molar-refractivity contribution is 0.112. The largest absolute Gasteiger partial charge is 0.493 e. The van der Waals surface area contributed by atoms with Crippen LogP contribution in [0.1, 0.15) is 40.4 Å². The topological polar surface area (TPSA) is 54.0 Å². The van der Waals surface area contributed by atoms with Gasteiger partial charge in [-0.15, -0.1) is 0 Å². The van der Waals surface area contributed by atoms with E-state index < -0.39 is 0 Å². The van der Waals surface area contributed by atoms with Crippen LogP contribution in [0.25, 0.3) is 0 Å². The molecule has 0 fully saturated rings. The molecule has 0 N–H and O–H groups in total. The standard InChI is InChI=1S/C18H16O5/c1-10-13-5-11(8-19)6-16(20-2)18(13)23-17(10)12-3-4-14-15(7-12)22-9-21-14/h3-8,10,17H,9H2,1-2H3/t10-,17+/m0/s1. The molecule has 4 rings (SSSR count). The van der Waals surface area contributed by atoms with Crippen LogP contribution in [0.3, 0.4) is 0 Å².